The number of nitrogens with zero attached hydrogens (tertiary/aromatic N) is 2. The molecular weight excluding hydrogens is 308 g/mol. The van der Waals surface area contributed by atoms with E-state index in [1.54, 1.807) is 0 Å². The first-order valence-corrected chi connectivity index (χ1v) is 8.54. The smallest absolute Gasteiger partial charge is 0.236 e. The van der Waals surface area contributed by atoms with E-state index in [2.05, 4.69) is 0 Å². The SMILES string of the molecule is Cc1ccc(OCC2(O)CCN(CC(=O)N3CCOCC3)C2)cc1. The number of carbonyl (C=O) groups is 1. The maximum Gasteiger partial charge on any atom is 0.236 e. The van der Waals surface area contributed by atoms with Gasteiger partial charge in [-0.3, -0.25) is 9.69 Å². The van der Waals surface area contributed by atoms with Crippen molar-refractivity contribution >= 4 is 5.91 Å². The summed E-state index contributed by atoms with van der Waals surface area (Å²) in [7, 11) is 0. The molecule has 0 bridgehead atoms. The van der Waals surface area contributed by atoms with Crippen LogP contribution in [0.3, 0.4) is 0 Å². The molecule has 0 spiro atoms. The summed E-state index contributed by atoms with van der Waals surface area (Å²) < 4.78 is 11.0. The fourth-order valence-electron chi connectivity index (χ4n) is 3.15. The zero-order valence-electron chi connectivity index (χ0n) is 14.2. The maximum absolute atomic E-state index is 12.3. The topological polar surface area (TPSA) is 62.2 Å². The first-order chi connectivity index (χ1) is 11.5. The number of aliphatic hydroxyl groups is 1. The van der Waals surface area contributed by atoms with E-state index in [1.807, 2.05) is 41.0 Å². The van der Waals surface area contributed by atoms with Gasteiger partial charge in [-0.1, -0.05) is 17.7 Å². The van der Waals surface area contributed by atoms with Crippen molar-refractivity contribution < 1.29 is 19.4 Å². The van der Waals surface area contributed by atoms with Gasteiger partial charge < -0.3 is 19.5 Å². The second-order valence-corrected chi connectivity index (χ2v) is 6.78. The number of hydrogen-bond acceptors (Lipinski definition) is 5. The van der Waals surface area contributed by atoms with E-state index in [1.165, 1.54) is 5.56 Å². The van der Waals surface area contributed by atoms with Crippen LogP contribution in [-0.4, -0.2) is 79.0 Å². The summed E-state index contributed by atoms with van der Waals surface area (Å²) in [5, 5.41) is 10.7. The Morgan fingerprint density at radius 2 is 1.96 bits per heavy atom. The molecule has 2 heterocycles. The first-order valence-electron chi connectivity index (χ1n) is 8.54. The fourth-order valence-corrected chi connectivity index (χ4v) is 3.15. The second kappa shape index (κ2) is 7.51. The van der Waals surface area contributed by atoms with Crippen LogP contribution in [0, 0.1) is 6.92 Å². The highest BCUT2D eigenvalue weighted by Crippen LogP contribution is 2.23. The predicted octanol–water partition coefficient (Wildman–Crippen LogP) is 0.669. The Labute approximate surface area is 143 Å². The summed E-state index contributed by atoms with van der Waals surface area (Å²) in [6.45, 7) is 6.35. The molecule has 1 atom stereocenters. The molecule has 1 unspecified atom stereocenters. The van der Waals surface area contributed by atoms with Gasteiger partial charge in [0.05, 0.1) is 19.8 Å². The molecule has 6 nitrogen and oxygen atoms in total. The van der Waals surface area contributed by atoms with E-state index >= 15 is 0 Å². The Bertz CT molecular complexity index is 557. The van der Waals surface area contributed by atoms with E-state index in [-0.39, 0.29) is 12.5 Å². The van der Waals surface area contributed by atoms with Gasteiger partial charge in [0.1, 0.15) is 18.0 Å². The molecule has 2 saturated heterocycles. The molecule has 0 saturated carbocycles. The predicted molar refractivity (Wildman–Crippen MR) is 90.1 cm³/mol. The zero-order chi connectivity index (χ0) is 17.0. The van der Waals surface area contributed by atoms with Crippen molar-refractivity contribution in [3.8, 4) is 5.75 Å². The number of morpholine rings is 1. The van der Waals surface area contributed by atoms with Crippen LogP contribution in [0.15, 0.2) is 24.3 Å². The first kappa shape index (κ1) is 17.2. The van der Waals surface area contributed by atoms with Crippen molar-refractivity contribution in [3.63, 3.8) is 0 Å². The average Bonchev–Trinajstić information content (AvgIpc) is 2.96. The normalized spacial score (nSPS) is 25.0. The Morgan fingerprint density at radius 1 is 1.25 bits per heavy atom. The lowest BCUT2D eigenvalue weighted by Crippen LogP contribution is -2.46. The Hall–Kier alpha value is -1.63. The lowest BCUT2D eigenvalue weighted by Gasteiger charge is -2.29. The molecule has 24 heavy (non-hydrogen) atoms. The maximum atomic E-state index is 12.3. The molecule has 3 rings (SSSR count). The van der Waals surface area contributed by atoms with Crippen molar-refractivity contribution in [1.29, 1.82) is 0 Å². The van der Waals surface area contributed by atoms with Crippen LogP contribution >= 0.6 is 0 Å². The van der Waals surface area contributed by atoms with Crippen LogP contribution < -0.4 is 4.74 Å². The largest absolute Gasteiger partial charge is 0.491 e. The number of benzene rings is 1. The Balaban J connectivity index is 1.46. The number of aryl methyl sites for hydroxylation is 1. The molecule has 2 fully saturated rings. The van der Waals surface area contributed by atoms with Crippen LogP contribution in [0.2, 0.25) is 0 Å². The molecule has 132 valence electrons. The quantitative estimate of drug-likeness (QED) is 0.858. The average molecular weight is 334 g/mol. The zero-order valence-corrected chi connectivity index (χ0v) is 14.2. The van der Waals surface area contributed by atoms with Gasteiger partial charge in [-0.25, -0.2) is 0 Å². The molecule has 0 aromatic heterocycles. The highest BCUT2D eigenvalue weighted by atomic mass is 16.5. The van der Waals surface area contributed by atoms with Crippen molar-refractivity contribution in [3.05, 3.63) is 29.8 Å². The van der Waals surface area contributed by atoms with Gasteiger partial charge in [-0.05, 0) is 25.5 Å². The van der Waals surface area contributed by atoms with Crippen LogP contribution in [0.4, 0.5) is 0 Å². The van der Waals surface area contributed by atoms with Gasteiger partial charge in [0.15, 0.2) is 0 Å². The van der Waals surface area contributed by atoms with Crippen LogP contribution in [0.5, 0.6) is 5.75 Å². The third-order valence-corrected chi connectivity index (χ3v) is 4.66. The number of amides is 1. The lowest BCUT2D eigenvalue weighted by molar-refractivity contribution is -0.136. The molecule has 0 aliphatic carbocycles. The van der Waals surface area contributed by atoms with Gasteiger partial charge in [-0.2, -0.15) is 0 Å². The van der Waals surface area contributed by atoms with Crippen molar-refractivity contribution in [2.75, 3.05) is 52.5 Å². The minimum absolute atomic E-state index is 0.113. The highest BCUT2D eigenvalue weighted by molar-refractivity contribution is 5.78. The molecule has 2 aliphatic rings. The minimum atomic E-state index is -0.893. The van der Waals surface area contributed by atoms with E-state index in [9.17, 15) is 9.90 Å². The second-order valence-electron chi connectivity index (χ2n) is 6.78. The third-order valence-electron chi connectivity index (χ3n) is 4.66. The summed E-state index contributed by atoms with van der Waals surface area (Å²) in [6, 6.07) is 7.80. The van der Waals surface area contributed by atoms with Crippen LogP contribution in [0.25, 0.3) is 0 Å². The molecule has 1 aromatic rings. The number of likely N-dealkylation sites (tertiary alicyclic amines) is 1. The van der Waals surface area contributed by atoms with Crippen molar-refractivity contribution in [1.82, 2.24) is 9.80 Å². The van der Waals surface area contributed by atoms with E-state index in [4.69, 9.17) is 9.47 Å². The summed E-state index contributed by atoms with van der Waals surface area (Å²) >= 11 is 0. The van der Waals surface area contributed by atoms with Gasteiger partial charge in [-0.15, -0.1) is 0 Å². The summed E-state index contributed by atoms with van der Waals surface area (Å²) in [5.74, 6) is 0.874. The van der Waals surface area contributed by atoms with Gasteiger partial charge >= 0.3 is 0 Å². The minimum Gasteiger partial charge on any atom is -0.491 e. The van der Waals surface area contributed by atoms with E-state index < -0.39 is 5.60 Å². The number of β-amino-alcohol motifs (C(OH)–C–C–N with tert-alkyl or cyclic N) is 1. The van der Waals surface area contributed by atoms with Crippen molar-refractivity contribution in [2.24, 2.45) is 0 Å². The number of carbonyl (C=O) groups excluding carboxylic acids is 1. The monoisotopic (exact) mass is 334 g/mol. The lowest BCUT2D eigenvalue weighted by atomic mass is 10.1. The summed E-state index contributed by atoms with van der Waals surface area (Å²) in [4.78, 5) is 16.1. The Kier molecular flexibility index (Phi) is 5.38. The third kappa shape index (κ3) is 4.47. The van der Waals surface area contributed by atoms with Gasteiger partial charge in [0.2, 0.25) is 5.91 Å². The Morgan fingerprint density at radius 3 is 2.67 bits per heavy atom. The molecule has 2 aliphatic heterocycles. The summed E-state index contributed by atoms with van der Waals surface area (Å²) in [6.07, 6.45) is 0.620. The van der Waals surface area contributed by atoms with Crippen LogP contribution in [0.1, 0.15) is 12.0 Å². The summed E-state index contributed by atoms with van der Waals surface area (Å²) in [5.41, 5.74) is 0.283. The van der Waals surface area contributed by atoms with Crippen molar-refractivity contribution in [2.45, 2.75) is 18.9 Å². The molecule has 6 heteroatoms. The number of rotatable bonds is 5. The molecular formula is C18H26N2O4. The number of ether oxygens (including phenoxy) is 2. The highest BCUT2D eigenvalue weighted by Gasteiger charge is 2.38. The fraction of sp³-hybridized carbons (Fsp3) is 0.611. The van der Waals surface area contributed by atoms with Crippen LogP contribution in [-0.2, 0) is 9.53 Å². The van der Waals surface area contributed by atoms with Gasteiger partial charge in [0.25, 0.3) is 0 Å². The molecule has 0 radical (unpaired) electrons. The van der Waals surface area contributed by atoms with Gasteiger partial charge in [0, 0.05) is 26.2 Å². The van der Waals surface area contributed by atoms with E-state index in [0.29, 0.717) is 52.4 Å². The van der Waals surface area contributed by atoms with E-state index in [0.717, 1.165) is 5.75 Å². The molecule has 1 aromatic carbocycles. The molecule has 1 N–H and O–H groups in total. The number of hydrogen-bond donors (Lipinski definition) is 1. The molecule has 1 amide bonds. The standard InChI is InChI=1S/C18H26N2O4/c1-15-2-4-16(5-3-15)24-14-18(22)6-7-19(13-18)12-17(21)20-8-10-23-11-9-20/h2-5,22H,6-14H2,1H3.